The smallest absolute Gasteiger partial charge is 0.326 e. The predicted molar refractivity (Wildman–Crippen MR) is 77.9 cm³/mol. The largest absolute Gasteiger partial charge is 0.480 e. The summed E-state index contributed by atoms with van der Waals surface area (Å²) in [5.74, 6) is -1.44. The Morgan fingerprint density at radius 2 is 1.76 bits per heavy atom. The number of aryl methyl sites for hydroxylation is 1. The molecule has 108 valence electrons. The molecule has 0 aliphatic carbocycles. The van der Waals surface area contributed by atoms with Crippen LogP contribution in [-0.2, 0) is 11.2 Å². The number of hydrogen-bond acceptors (Lipinski definition) is 3. The molecule has 1 aromatic carbocycles. The van der Waals surface area contributed by atoms with Crippen molar-refractivity contribution in [3.8, 4) is 0 Å². The van der Waals surface area contributed by atoms with E-state index in [2.05, 4.69) is 10.3 Å². The summed E-state index contributed by atoms with van der Waals surface area (Å²) in [4.78, 5) is 27.1. The number of carboxylic acid groups (broad SMARTS) is 1. The van der Waals surface area contributed by atoms with Crippen molar-refractivity contribution in [2.75, 3.05) is 0 Å². The van der Waals surface area contributed by atoms with E-state index in [0.29, 0.717) is 18.4 Å². The molecule has 1 aromatic heterocycles. The second kappa shape index (κ2) is 7.19. The number of amides is 1. The minimum Gasteiger partial charge on any atom is -0.480 e. The molecule has 0 unspecified atom stereocenters. The van der Waals surface area contributed by atoms with Gasteiger partial charge in [-0.05, 0) is 30.5 Å². The summed E-state index contributed by atoms with van der Waals surface area (Å²) in [6, 6.07) is 11.8. The molecule has 2 N–H and O–H groups in total. The monoisotopic (exact) mass is 284 g/mol. The summed E-state index contributed by atoms with van der Waals surface area (Å²) in [6.45, 7) is 0. The fourth-order valence-corrected chi connectivity index (χ4v) is 1.96. The molecule has 0 fully saturated rings. The van der Waals surface area contributed by atoms with E-state index < -0.39 is 17.9 Å². The lowest BCUT2D eigenvalue weighted by Gasteiger charge is -2.14. The molecule has 1 amide bonds. The van der Waals surface area contributed by atoms with E-state index in [9.17, 15) is 14.7 Å². The van der Waals surface area contributed by atoms with Crippen LogP contribution in [0.4, 0.5) is 0 Å². The Balaban J connectivity index is 1.96. The number of aromatic nitrogens is 1. The minimum absolute atomic E-state index is 0.343. The number of nitrogens with zero attached hydrogens (tertiary/aromatic N) is 1. The SMILES string of the molecule is O=C(N[C@H](CCc1ccccc1)C(=O)O)c1ccncc1. The second-order valence-corrected chi connectivity index (χ2v) is 4.62. The van der Waals surface area contributed by atoms with Crippen LogP contribution < -0.4 is 5.32 Å². The molecular weight excluding hydrogens is 268 g/mol. The number of pyridine rings is 1. The highest BCUT2D eigenvalue weighted by atomic mass is 16.4. The van der Waals surface area contributed by atoms with Gasteiger partial charge in [-0.25, -0.2) is 4.79 Å². The van der Waals surface area contributed by atoms with E-state index in [0.717, 1.165) is 5.56 Å². The summed E-state index contributed by atoms with van der Waals surface area (Å²) in [7, 11) is 0. The summed E-state index contributed by atoms with van der Waals surface area (Å²) >= 11 is 0. The van der Waals surface area contributed by atoms with E-state index >= 15 is 0 Å². The molecule has 0 bridgehead atoms. The highest BCUT2D eigenvalue weighted by Gasteiger charge is 2.20. The van der Waals surface area contributed by atoms with Crippen molar-refractivity contribution in [1.82, 2.24) is 10.3 Å². The molecule has 0 radical (unpaired) electrons. The van der Waals surface area contributed by atoms with Crippen molar-refractivity contribution >= 4 is 11.9 Å². The van der Waals surface area contributed by atoms with Crippen LogP contribution in [0.25, 0.3) is 0 Å². The number of aliphatic carboxylic acids is 1. The summed E-state index contributed by atoms with van der Waals surface area (Å²) in [5, 5.41) is 11.8. The molecule has 5 nitrogen and oxygen atoms in total. The van der Waals surface area contributed by atoms with Gasteiger partial charge in [0.15, 0.2) is 0 Å². The number of carboxylic acids is 1. The fourth-order valence-electron chi connectivity index (χ4n) is 1.96. The molecule has 2 rings (SSSR count). The third-order valence-electron chi connectivity index (χ3n) is 3.11. The van der Waals surface area contributed by atoms with Gasteiger partial charge in [0, 0.05) is 18.0 Å². The van der Waals surface area contributed by atoms with Crippen LogP contribution in [0, 0.1) is 0 Å². The van der Waals surface area contributed by atoms with Crippen LogP contribution in [-0.4, -0.2) is 28.0 Å². The Morgan fingerprint density at radius 1 is 1.10 bits per heavy atom. The van der Waals surface area contributed by atoms with Crippen molar-refractivity contribution in [3.05, 3.63) is 66.0 Å². The average molecular weight is 284 g/mol. The Kier molecular flexibility index (Phi) is 5.04. The van der Waals surface area contributed by atoms with Crippen LogP contribution in [0.15, 0.2) is 54.9 Å². The van der Waals surface area contributed by atoms with Gasteiger partial charge in [0.05, 0.1) is 0 Å². The third kappa shape index (κ3) is 4.42. The molecule has 21 heavy (non-hydrogen) atoms. The lowest BCUT2D eigenvalue weighted by molar-refractivity contribution is -0.139. The van der Waals surface area contributed by atoms with E-state index in [1.807, 2.05) is 30.3 Å². The number of rotatable bonds is 6. The fraction of sp³-hybridized carbons (Fsp3) is 0.188. The number of carbonyl (C=O) groups excluding carboxylic acids is 1. The maximum atomic E-state index is 12.0. The summed E-state index contributed by atoms with van der Waals surface area (Å²) in [6.07, 6.45) is 3.92. The molecular formula is C16H16N2O3. The van der Waals surface area contributed by atoms with Crippen molar-refractivity contribution in [2.45, 2.75) is 18.9 Å². The zero-order valence-corrected chi connectivity index (χ0v) is 11.4. The van der Waals surface area contributed by atoms with Crippen LogP contribution in [0.1, 0.15) is 22.3 Å². The van der Waals surface area contributed by atoms with E-state index in [-0.39, 0.29) is 0 Å². The van der Waals surface area contributed by atoms with Crippen LogP contribution in [0.2, 0.25) is 0 Å². The quantitative estimate of drug-likeness (QED) is 0.849. The van der Waals surface area contributed by atoms with Gasteiger partial charge in [-0.15, -0.1) is 0 Å². The minimum atomic E-state index is -1.03. The standard InChI is InChI=1S/C16H16N2O3/c19-15(13-8-10-17-11-9-13)18-14(16(20)21)7-6-12-4-2-1-3-5-12/h1-5,8-11,14H,6-7H2,(H,18,19)(H,20,21)/t14-/m1/s1. The Morgan fingerprint density at radius 3 is 2.38 bits per heavy atom. The highest BCUT2D eigenvalue weighted by Crippen LogP contribution is 2.06. The van der Waals surface area contributed by atoms with Gasteiger partial charge in [0.1, 0.15) is 6.04 Å². The predicted octanol–water partition coefficient (Wildman–Crippen LogP) is 1.90. The van der Waals surface area contributed by atoms with Crippen molar-refractivity contribution in [1.29, 1.82) is 0 Å². The zero-order chi connectivity index (χ0) is 15.1. The lowest BCUT2D eigenvalue weighted by atomic mass is 10.0. The molecule has 0 spiro atoms. The van der Waals surface area contributed by atoms with Gasteiger partial charge in [-0.2, -0.15) is 0 Å². The van der Waals surface area contributed by atoms with Gasteiger partial charge in [0.2, 0.25) is 0 Å². The first-order valence-electron chi connectivity index (χ1n) is 6.64. The second-order valence-electron chi connectivity index (χ2n) is 4.62. The van der Waals surface area contributed by atoms with Crippen molar-refractivity contribution in [2.24, 2.45) is 0 Å². The first kappa shape index (κ1) is 14.7. The van der Waals surface area contributed by atoms with Gasteiger partial charge >= 0.3 is 5.97 Å². The number of benzene rings is 1. The molecule has 0 saturated heterocycles. The average Bonchev–Trinajstić information content (AvgIpc) is 2.52. The van der Waals surface area contributed by atoms with Gasteiger partial charge in [-0.1, -0.05) is 30.3 Å². The first-order valence-corrected chi connectivity index (χ1v) is 6.64. The topological polar surface area (TPSA) is 79.3 Å². The molecule has 1 atom stereocenters. The third-order valence-corrected chi connectivity index (χ3v) is 3.11. The lowest BCUT2D eigenvalue weighted by Crippen LogP contribution is -2.41. The van der Waals surface area contributed by atoms with Crippen molar-refractivity contribution in [3.63, 3.8) is 0 Å². The highest BCUT2D eigenvalue weighted by molar-refractivity contribution is 5.96. The van der Waals surface area contributed by atoms with Gasteiger partial charge in [-0.3, -0.25) is 9.78 Å². The molecule has 1 heterocycles. The maximum Gasteiger partial charge on any atom is 0.326 e. The van der Waals surface area contributed by atoms with Gasteiger partial charge < -0.3 is 10.4 Å². The number of carbonyl (C=O) groups is 2. The zero-order valence-electron chi connectivity index (χ0n) is 11.4. The van der Waals surface area contributed by atoms with E-state index in [1.165, 1.54) is 12.4 Å². The number of nitrogens with one attached hydrogen (secondary N) is 1. The van der Waals surface area contributed by atoms with Crippen LogP contribution >= 0.6 is 0 Å². The molecule has 5 heteroatoms. The van der Waals surface area contributed by atoms with Crippen molar-refractivity contribution < 1.29 is 14.7 Å². The van der Waals surface area contributed by atoms with Crippen LogP contribution in [0.3, 0.4) is 0 Å². The summed E-state index contributed by atoms with van der Waals surface area (Å²) in [5.41, 5.74) is 1.44. The number of hydrogen-bond donors (Lipinski definition) is 2. The molecule has 0 saturated carbocycles. The molecule has 0 aliphatic rings. The Bertz CT molecular complexity index is 599. The summed E-state index contributed by atoms with van der Waals surface area (Å²) < 4.78 is 0. The maximum absolute atomic E-state index is 12.0. The van der Waals surface area contributed by atoms with Gasteiger partial charge in [0.25, 0.3) is 5.91 Å². The Labute approximate surface area is 122 Å². The normalized spacial score (nSPS) is 11.6. The molecule has 2 aromatic rings. The Hall–Kier alpha value is -2.69. The molecule has 0 aliphatic heterocycles. The van der Waals surface area contributed by atoms with E-state index in [4.69, 9.17) is 0 Å². The van der Waals surface area contributed by atoms with Crippen LogP contribution in [0.5, 0.6) is 0 Å². The van der Waals surface area contributed by atoms with E-state index in [1.54, 1.807) is 12.1 Å². The first-order chi connectivity index (χ1) is 10.2.